The molecule has 0 bridgehead atoms. The third-order valence-electron chi connectivity index (χ3n) is 11.2. The Labute approximate surface area is 336 Å². The summed E-state index contributed by atoms with van der Waals surface area (Å²) in [6.45, 7) is 5.29. The molecule has 0 radical (unpaired) electrons. The monoisotopic (exact) mass is 794 g/mol. The molecule has 3 rings (SSSR count). The number of hydrogen-bond donors (Lipinski definition) is 0. The molecule has 2 saturated heterocycles. The van der Waals surface area contributed by atoms with Gasteiger partial charge in [0.15, 0.2) is 11.5 Å². The summed E-state index contributed by atoms with van der Waals surface area (Å²) < 4.78 is 45.4. The maximum atomic E-state index is 12.0. The van der Waals surface area contributed by atoms with Gasteiger partial charge in [0.2, 0.25) is 0 Å². The summed E-state index contributed by atoms with van der Waals surface area (Å²) in [4.78, 5) is 25.5. The van der Waals surface area contributed by atoms with Gasteiger partial charge in [-0.3, -0.25) is 9.59 Å². The van der Waals surface area contributed by atoms with E-state index in [2.05, 4.69) is 19.9 Å². The summed E-state index contributed by atoms with van der Waals surface area (Å²) in [5, 5.41) is 0. The van der Waals surface area contributed by atoms with Crippen molar-refractivity contribution in [3.63, 3.8) is 0 Å². The minimum absolute atomic E-state index is 0.00439. The molecule has 2 aliphatic rings. The van der Waals surface area contributed by atoms with Crippen LogP contribution in [0.4, 0.5) is 0 Å². The van der Waals surface area contributed by atoms with Crippen LogP contribution in [0.25, 0.3) is 0 Å². The van der Waals surface area contributed by atoms with Crippen LogP contribution in [0.5, 0.6) is 11.5 Å². The van der Waals surface area contributed by atoms with Crippen LogP contribution in [-0.4, -0.2) is 83.8 Å². The fraction of sp³-hybridized carbons (Fsp3) is 0.822. The lowest BCUT2D eigenvalue weighted by atomic mass is 9.87. The molecule has 0 saturated carbocycles. The number of esters is 2. The Kier molecular flexibility index (Phi) is 25.7. The molecule has 2 heterocycles. The molecular weight excluding hydrogens is 715 g/mol. The van der Waals surface area contributed by atoms with E-state index in [1.165, 1.54) is 95.5 Å². The Hall–Kier alpha value is -2.33. The van der Waals surface area contributed by atoms with Crippen LogP contribution in [0.1, 0.15) is 167 Å². The van der Waals surface area contributed by atoms with E-state index in [1.54, 1.807) is 14.2 Å². The lowest BCUT2D eigenvalue weighted by Crippen LogP contribution is -2.45. The number of benzene rings is 1. The van der Waals surface area contributed by atoms with Crippen LogP contribution < -0.4 is 9.47 Å². The van der Waals surface area contributed by atoms with Crippen molar-refractivity contribution < 1.29 is 37.0 Å². The average molecular weight is 794 g/mol. The van der Waals surface area contributed by atoms with E-state index in [1.807, 2.05) is 31.1 Å². The minimum Gasteiger partial charge on any atom is -0.493 e. The number of unbranched alkanes of at least 4 members (excludes halogenated alkanes) is 15. The van der Waals surface area contributed by atoms with Crippen molar-refractivity contribution in [1.82, 2.24) is 4.90 Å². The SMILES string of the molecule is CCCCCCCCCC[C@@H]1C(=O)O[C@H]1CCCCS(=O)(=O)CCCN(C)C.CCCCCCCCCC[C@@H]1C(=O)O[C@H]1CCc1ccc(OC)c(OC)c1. The fourth-order valence-electron chi connectivity index (χ4n) is 7.64. The average Bonchev–Trinajstić information content (AvgIpc) is 3.16. The smallest absolute Gasteiger partial charge is 0.313 e. The molecule has 0 unspecified atom stereocenters. The van der Waals surface area contributed by atoms with Crippen molar-refractivity contribution in [1.29, 1.82) is 0 Å². The van der Waals surface area contributed by atoms with Gasteiger partial charge >= 0.3 is 11.9 Å². The number of hydrogen-bond acceptors (Lipinski definition) is 9. The summed E-state index contributed by atoms with van der Waals surface area (Å²) in [6.07, 6.45) is 27.3. The Morgan fingerprint density at radius 2 is 1.04 bits per heavy atom. The van der Waals surface area contributed by atoms with Gasteiger partial charge in [-0.1, -0.05) is 123 Å². The number of methoxy groups -OCH3 is 2. The molecule has 4 atom stereocenters. The van der Waals surface area contributed by atoms with Crippen molar-refractivity contribution in [2.75, 3.05) is 46.4 Å². The van der Waals surface area contributed by atoms with Crippen molar-refractivity contribution in [2.24, 2.45) is 11.8 Å². The van der Waals surface area contributed by atoms with E-state index in [9.17, 15) is 18.0 Å². The summed E-state index contributed by atoms with van der Waals surface area (Å²) >= 11 is 0. The first-order valence-electron chi connectivity index (χ1n) is 22.0. The molecule has 2 aliphatic heterocycles. The van der Waals surface area contributed by atoms with E-state index in [4.69, 9.17) is 18.9 Å². The van der Waals surface area contributed by atoms with Crippen LogP contribution in [0.3, 0.4) is 0 Å². The molecule has 0 N–H and O–H groups in total. The van der Waals surface area contributed by atoms with Crippen LogP contribution >= 0.6 is 0 Å². The van der Waals surface area contributed by atoms with Gasteiger partial charge in [-0.25, -0.2) is 8.42 Å². The Balaban J connectivity index is 0.000000380. The first-order chi connectivity index (χ1) is 26.5. The molecular formula is C45H79NO8S. The second-order valence-corrected chi connectivity index (χ2v) is 18.5. The lowest BCUT2D eigenvalue weighted by molar-refractivity contribution is -0.186. The zero-order valence-corrected chi connectivity index (χ0v) is 36.6. The zero-order chi connectivity index (χ0) is 40.3. The third-order valence-corrected chi connectivity index (χ3v) is 13.0. The number of carbonyl (C=O) groups excluding carboxylic acids is 2. The van der Waals surface area contributed by atoms with E-state index in [0.29, 0.717) is 12.8 Å². The first-order valence-corrected chi connectivity index (χ1v) is 23.8. The Bertz CT molecular complexity index is 1290. The highest BCUT2D eigenvalue weighted by atomic mass is 32.2. The van der Waals surface area contributed by atoms with E-state index >= 15 is 0 Å². The first kappa shape index (κ1) is 48.8. The van der Waals surface area contributed by atoms with Crippen LogP contribution in [0.15, 0.2) is 18.2 Å². The van der Waals surface area contributed by atoms with Gasteiger partial charge in [0.25, 0.3) is 0 Å². The van der Waals surface area contributed by atoms with E-state index < -0.39 is 9.84 Å². The summed E-state index contributed by atoms with van der Waals surface area (Å²) in [5.74, 6) is 2.11. The lowest BCUT2D eigenvalue weighted by Gasteiger charge is -2.35. The molecule has 0 aromatic heterocycles. The Morgan fingerprint density at radius 1 is 0.582 bits per heavy atom. The van der Waals surface area contributed by atoms with Gasteiger partial charge in [-0.05, 0) is 89.7 Å². The molecule has 9 nitrogen and oxygen atoms in total. The molecule has 318 valence electrons. The van der Waals surface area contributed by atoms with Gasteiger partial charge < -0.3 is 23.8 Å². The molecule has 0 amide bonds. The maximum Gasteiger partial charge on any atom is 0.313 e. The number of cyclic esters (lactones) is 2. The summed E-state index contributed by atoms with van der Waals surface area (Å²) in [7, 11) is 4.25. The van der Waals surface area contributed by atoms with E-state index in [-0.39, 0.29) is 47.5 Å². The van der Waals surface area contributed by atoms with Gasteiger partial charge in [0.1, 0.15) is 22.0 Å². The topological polar surface area (TPSA) is 108 Å². The van der Waals surface area contributed by atoms with Crippen molar-refractivity contribution in [3.8, 4) is 11.5 Å². The second-order valence-electron chi connectivity index (χ2n) is 16.2. The molecule has 1 aromatic carbocycles. The van der Waals surface area contributed by atoms with E-state index in [0.717, 1.165) is 69.4 Å². The fourth-order valence-corrected chi connectivity index (χ4v) is 9.05. The number of ether oxygens (including phenoxy) is 4. The second kappa shape index (κ2) is 29.0. The molecule has 2 fully saturated rings. The van der Waals surface area contributed by atoms with Gasteiger partial charge in [0, 0.05) is 0 Å². The van der Waals surface area contributed by atoms with Crippen LogP contribution in [0.2, 0.25) is 0 Å². The number of carbonyl (C=O) groups is 2. The Morgan fingerprint density at radius 3 is 1.51 bits per heavy atom. The maximum absolute atomic E-state index is 12.0. The molecule has 10 heteroatoms. The normalized spacial score (nSPS) is 19.2. The molecule has 0 spiro atoms. The predicted molar refractivity (Wildman–Crippen MR) is 225 cm³/mol. The van der Waals surface area contributed by atoms with Crippen molar-refractivity contribution >= 4 is 21.8 Å². The molecule has 0 aliphatic carbocycles. The predicted octanol–water partition coefficient (Wildman–Crippen LogP) is 10.3. The standard InChI is InChI=1S/C23H36O4.C22H43NO4S/c1-4-5-6-7-8-9-10-11-12-19-20(27-23(19)24)15-13-18-14-16-21(25-2)22(17-18)26-3;1-4-5-6-7-8-9-10-11-15-20-21(27-22(20)24)16-12-13-18-28(25,26)19-14-17-23(2)3/h14,16-17,19-20H,4-13,15H2,1-3H3;20-21H,4-19H2,1-3H3/t19-,20-;20-,21-/m00/s1. The number of sulfone groups is 1. The molecule has 55 heavy (non-hydrogen) atoms. The van der Waals surface area contributed by atoms with Crippen molar-refractivity contribution in [3.05, 3.63) is 23.8 Å². The van der Waals surface area contributed by atoms with Crippen molar-refractivity contribution in [2.45, 2.75) is 180 Å². The van der Waals surface area contributed by atoms with Crippen LogP contribution in [-0.2, 0) is 35.3 Å². The number of rotatable bonds is 32. The van der Waals surface area contributed by atoms with Crippen LogP contribution in [0, 0.1) is 11.8 Å². The summed E-state index contributed by atoms with van der Waals surface area (Å²) in [6, 6.07) is 5.99. The number of aryl methyl sites for hydroxylation is 1. The van der Waals surface area contributed by atoms with Gasteiger partial charge in [-0.2, -0.15) is 0 Å². The minimum atomic E-state index is -2.95. The molecule has 1 aromatic rings. The van der Waals surface area contributed by atoms with Gasteiger partial charge in [-0.15, -0.1) is 0 Å². The highest BCUT2D eigenvalue weighted by Gasteiger charge is 2.42. The van der Waals surface area contributed by atoms with Gasteiger partial charge in [0.05, 0.1) is 37.6 Å². The number of nitrogens with zero attached hydrogens (tertiary/aromatic N) is 1. The largest absolute Gasteiger partial charge is 0.493 e. The highest BCUT2D eigenvalue weighted by Crippen LogP contribution is 2.34. The summed E-state index contributed by atoms with van der Waals surface area (Å²) in [5.41, 5.74) is 1.18. The third kappa shape index (κ3) is 20.6. The highest BCUT2D eigenvalue weighted by molar-refractivity contribution is 7.91. The zero-order valence-electron chi connectivity index (χ0n) is 35.8. The quantitative estimate of drug-likeness (QED) is 0.0520.